The predicted molar refractivity (Wildman–Crippen MR) is 149 cm³/mol. The fourth-order valence-electron chi connectivity index (χ4n) is 3.88. The van der Waals surface area contributed by atoms with Crippen LogP contribution in [0.1, 0.15) is 96.8 Å². The first kappa shape index (κ1) is 34.1. The van der Waals surface area contributed by atoms with Crippen LogP contribution in [-0.2, 0) is 18.9 Å². The van der Waals surface area contributed by atoms with E-state index < -0.39 is 0 Å². The smallest absolute Gasteiger partial charge is 0.102 e. The van der Waals surface area contributed by atoms with Crippen molar-refractivity contribution in [3.63, 3.8) is 0 Å². The number of nitrogens with zero attached hydrogens (tertiary/aromatic N) is 1. The van der Waals surface area contributed by atoms with E-state index in [-0.39, 0.29) is 0 Å². The third-order valence-electron chi connectivity index (χ3n) is 6.27. The van der Waals surface area contributed by atoms with Crippen LogP contribution in [0.3, 0.4) is 0 Å². The van der Waals surface area contributed by atoms with Crippen molar-refractivity contribution in [2.45, 2.75) is 96.8 Å². The Labute approximate surface area is 218 Å². The Morgan fingerprint density at radius 1 is 0.441 bits per heavy atom. The second-order valence-electron chi connectivity index (χ2n) is 10.2. The van der Waals surface area contributed by atoms with E-state index in [1.807, 2.05) is 0 Å². The van der Waals surface area contributed by atoms with Gasteiger partial charge in [0.2, 0.25) is 0 Å². The molecule has 0 bridgehead atoms. The summed E-state index contributed by atoms with van der Waals surface area (Å²) >= 11 is 4.25. The maximum atomic E-state index is 5.74. The van der Waals surface area contributed by atoms with Crippen LogP contribution in [0, 0.1) is 0 Å². The van der Waals surface area contributed by atoms with Crippen LogP contribution in [0.5, 0.6) is 0 Å². The zero-order chi connectivity index (χ0) is 25.0. The van der Waals surface area contributed by atoms with Crippen LogP contribution in [0.25, 0.3) is 0 Å². The normalized spacial score (nSPS) is 12.0. The van der Waals surface area contributed by atoms with Crippen molar-refractivity contribution in [1.29, 1.82) is 0 Å². The summed E-state index contributed by atoms with van der Waals surface area (Å²) < 4.78 is 23.6. The van der Waals surface area contributed by atoms with Gasteiger partial charge in [-0.25, -0.2) is 0 Å². The molecule has 5 nitrogen and oxygen atoms in total. The van der Waals surface area contributed by atoms with Crippen LogP contribution >= 0.6 is 12.6 Å². The van der Waals surface area contributed by atoms with Crippen molar-refractivity contribution in [3.05, 3.63) is 0 Å². The first-order chi connectivity index (χ1) is 16.6. The first-order valence-corrected chi connectivity index (χ1v) is 15.0. The monoisotopic (exact) mass is 506 g/mol. The molecule has 34 heavy (non-hydrogen) atoms. The minimum Gasteiger partial charge on any atom is -0.379 e. The van der Waals surface area contributed by atoms with Gasteiger partial charge in [-0.05, 0) is 31.4 Å². The Morgan fingerprint density at radius 3 is 1.38 bits per heavy atom. The molecule has 0 fully saturated rings. The summed E-state index contributed by atoms with van der Waals surface area (Å²) in [7, 11) is 4.60. The van der Waals surface area contributed by atoms with E-state index >= 15 is 0 Å². The summed E-state index contributed by atoms with van der Waals surface area (Å²) in [6.45, 7) is 10.1. The molecular formula is C28H60NO4S+. The lowest BCUT2D eigenvalue weighted by atomic mass is 10.1. The lowest BCUT2D eigenvalue weighted by Gasteiger charge is -2.29. The van der Waals surface area contributed by atoms with E-state index in [0.29, 0.717) is 39.6 Å². The molecule has 0 rings (SSSR count). The van der Waals surface area contributed by atoms with E-state index in [1.54, 1.807) is 0 Å². The Hall–Kier alpha value is 0.150. The quantitative estimate of drug-likeness (QED) is 0.0710. The molecule has 0 amide bonds. The molecule has 0 atom stereocenters. The molecule has 0 aliphatic heterocycles. The number of likely N-dealkylation sites (N-methyl/N-ethyl adjacent to an activating group) is 1. The Morgan fingerprint density at radius 2 is 0.853 bits per heavy atom. The fourth-order valence-corrected chi connectivity index (χ4v) is 4.11. The largest absolute Gasteiger partial charge is 0.379 e. The second-order valence-corrected chi connectivity index (χ2v) is 10.6. The maximum Gasteiger partial charge on any atom is 0.102 e. The number of hydrogen-bond acceptors (Lipinski definition) is 5. The summed E-state index contributed by atoms with van der Waals surface area (Å²) in [5.74, 6) is 1.03. The minimum absolute atomic E-state index is 0.622. The van der Waals surface area contributed by atoms with E-state index in [0.717, 1.165) is 36.4 Å². The number of thiol groups is 1. The summed E-state index contributed by atoms with van der Waals surface area (Å²) in [5.41, 5.74) is 0. The van der Waals surface area contributed by atoms with Crippen molar-refractivity contribution < 1.29 is 23.4 Å². The molecule has 6 heteroatoms. The molecule has 0 saturated heterocycles. The van der Waals surface area contributed by atoms with Gasteiger partial charge in [-0.15, -0.1) is 0 Å². The molecular weight excluding hydrogens is 446 g/mol. The third-order valence-corrected chi connectivity index (χ3v) is 6.59. The lowest BCUT2D eigenvalue weighted by molar-refractivity contribution is -0.891. The number of quaternary nitrogens is 1. The van der Waals surface area contributed by atoms with Crippen LogP contribution in [-0.4, -0.2) is 90.3 Å². The van der Waals surface area contributed by atoms with Crippen molar-refractivity contribution in [2.75, 3.05) is 85.8 Å². The standard InChI is InChI=1S/C28H59NO4S/c1-4-5-6-12-15-18-29(2,3)19-21-31-23-25-33-27-26-32-24-22-30-20-16-13-10-8-7-9-11-14-17-28-34/h4-28H2,1-3H3/p+1. The van der Waals surface area contributed by atoms with Gasteiger partial charge >= 0.3 is 0 Å². The predicted octanol–water partition coefficient (Wildman–Crippen LogP) is 6.54. The molecule has 0 aromatic rings. The molecule has 0 unspecified atom stereocenters. The highest BCUT2D eigenvalue weighted by Gasteiger charge is 2.13. The molecule has 0 aromatic carbocycles. The van der Waals surface area contributed by atoms with E-state index in [9.17, 15) is 0 Å². The number of unbranched alkanes of at least 4 members (excludes halogenated alkanes) is 12. The zero-order valence-corrected chi connectivity index (χ0v) is 24.1. The highest BCUT2D eigenvalue weighted by molar-refractivity contribution is 7.80. The van der Waals surface area contributed by atoms with Gasteiger partial charge in [-0.2, -0.15) is 12.6 Å². The van der Waals surface area contributed by atoms with Gasteiger partial charge in [0.15, 0.2) is 0 Å². The molecule has 0 spiro atoms. The topological polar surface area (TPSA) is 36.9 Å². The highest BCUT2D eigenvalue weighted by atomic mass is 32.1. The minimum atomic E-state index is 0.622. The fraction of sp³-hybridized carbons (Fsp3) is 1.00. The third kappa shape index (κ3) is 28.4. The molecule has 0 heterocycles. The Bertz CT molecular complexity index is 385. The highest BCUT2D eigenvalue weighted by Crippen LogP contribution is 2.10. The van der Waals surface area contributed by atoms with Crippen LogP contribution in [0.2, 0.25) is 0 Å². The van der Waals surface area contributed by atoms with Crippen molar-refractivity contribution in [1.82, 2.24) is 0 Å². The average molecular weight is 507 g/mol. The van der Waals surface area contributed by atoms with Gasteiger partial charge < -0.3 is 23.4 Å². The molecule has 0 N–H and O–H groups in total. The van der Waals surface area contributed by atoms with Crippen LogP contribution < -0.4 is 0 Å². The van der Waals surface area contributed by atoms with Gasteiger partial charge in [0.05, 0.1) is 66.9 Å². The summed E-state index contributed by atoms with van der Waals surface area (Å²) in [6, 6.07) is 0. The molecule has 0 saturated carbocycles. The second kappa shape index (κ2) is 27.7. The van der Waals surface area contributed by atoms with Crippen molar-refractivity contribution in [2.24, 2.45) is 0 Å². The zero-order valence-electron chi connectivity index (χ0n) is 23.2. The summed E-state index contributed by atoms with van der Waals surface area (Å²) in [4.78, 5) is 0. The Balaban J connectivity index is 3.17. The lowest BCUT2D eigenvalue weighted by Crippen LogP contribution is -2.43. The van der Waals surface area contributed by atoms with E-state index in [1.165, 1.54) is 90.0 Å². The molecule has 0 aromatic heterocycles. The van der Waals surface area contributed by atoms with Crippen molar-refractivity contribution >= 4 is 12.6 Å². The van der Waals surface area contributed by atoms with Gasteiger partial charge in [0.25, 0.3) is 0 Å². The molecule has 0 radical (unpaired) electrons. The number of ether oxygens (including phenoxy) is 4. The van der Waals surface area contributed by atoms with Gasteiger partial charge in [0, 0.05) is 6.61 Å². The van der Waals surface area contributed by atoms with Gasteiger partial charge in [-0.1, -0.05) is 71.1 Å². The number of rotatable bonds is 29. The van der Waals surface area contributed by atoms with E-state index in [4.69, 9.17) is 18.9 Å². The van der Waals surface area contributed by atoms with E-state index in [2.05, 4.69) is 33.6 Å². The average Bonchev–Trinajstić information content (AvgIpc) is 2.82. The van der Waals surface area contributed by atoms with Crippen LogP contribution in [0.15, 0.2) is 0 Å². The molecule has 206 valence electrons. The number of hydrogen-bond donors (Lipinski definition) is 1. The Kier molecular flexibility index (Phi) is 27.9. The van der Waals surface area contributed by atoms with Gasteiger partial charge in [-0.3, -0.25) is 0 Å². The van der Waals surface area contributed by atoms with Crippen molar-refractivity contribution in [3.8, 4) is 0 Å². The maximum absolute atomic E-state index is 5.74. The summed E-state index contributed by atoms with van der Waals surface area (Å²) in [5, 5.41) is 0. The molecule has 0 aliphatic carbocycles. The SMILES string of the molecule is CCCCCCC[N+](C)(C)CCOCCOCCOCCOCCCCCCCCCCCS. The first-order valence-electron chi connectivity index (χ1n) is 14.4. The van der Waals surface area contributed by atoms with Crippen LogP contribution in [0.4, 0.5) is 0 Å². The summed E-state index contributed by atoms with van der Waals surface area (Å²) in [6.07, 6.45) is 18.6. The van der Waals surface area contributed by atoms with Gasteiger partial charge in [0.1, 0.15) is 6.54 Å². The molecule has 0 aliphatic rings.